The van der Waals surface area contributed by atoms with Crippen molar-refractivity contribution in [2.45, 2.75) is 0 Å². The Bertz CT molecular complexity index is 658. The fourth-order valence-electron chi connectivity index (χ4n) is 1.84. The van der Waals surface area contributed by atoms with Crippen LogP contribution in [0.25, 0.3) is 0 Å². The molecule has 0 fully saturated rings. The van der Waals surface area contributed by atoms with Gasteiger partial charge in [0.15, 0.2) is 4.67 Å². The zero-order valence-electron chi connectivity index (χ0n) is 11.4. The van der Waals surface area contributed by atoms with Gasteiger partial charge in [-0.2, -0.15) is 5.26 Å². The van der Waals surface area contributed by atoms with Crippen molar-refractivity contribution in [3.05, 3.63) is 52.4 Å². The second kappa shape index (κ2) is 7.07. The summed E-state index contributed by atoms with van der Waals surface area (Å²) in [4.78, 5) is 14.2. The fraction of sp³-hybridized carbons (Fsp3) is 0.200. The van der Waals surface area contributed by atoms with E-state index in [2.05, 4.69) is 22.0 Å². The molecule has 1 aromatic carbocycles. The minimum Gasteiger partial charge on any atom is -0.457 e. The van der Waals surface area contributed by atoms with Crippen molar-refractivity contribution < 1.29 is 13.9 Å². The summed E-state index contributed by atoms with van der Waals surface area (Å²) >= 11 is 3.21. The van der Waals surface area contributed by atoms with E-state index in [1.54, 1.807) is 42.3 Å². The number of methoxy groups -OCH3 is 1. The Balaban J connectivity index is 2.31. The molecule has 2 rings (SSSR count). The molecule has 0 unspecified atom stereocenters. The van der Waals surface area contributed by atoms with Crippen LogP contribution in [-0.4, -0.2) is 26.2 Å². The number of rotatable bonds is 5. The van der Waals surface area contributed by atoms with Crippen LogP contribution in [0.3, 0.4) is 0 Å². The topological polar surface area (TPSA) is 66.5 Å². The molecule has 108 valence electrons. The van der Waals surface area contributed by atoms with Crippen LogP contribution in [-0.2, 0) is 4.74 Å². The number of carbonyl (C=O) groups is 1. The van der Waals surface area contributed by atoms with Gasteiger partial charge in [-0.25, -0.2) is 0 Å². The Hall–Kier alpha value is -2.10. The van der Waals surface area contributed by atoms with Gasteiger partial charge in [0.2, 0.25) is 0 Å². The van der Waals surface area contributed by atoms with E-state index in [1.165, 1.54) is 6.26 Å². The molecule has 1 amide bonds. The first-order valence-corrected chi connectivity index (χ1v) is 7.00. The van der Waals surface area contributed by atoms with Crippen LogP contribution >= 0.6 is 15.9 Å². The molecule has 0 radical (unpaired) electrons. The van der Waals surface area contributed by atoms with Crippen molar-refractivity contribution >= 4 is 27.5 Å². The van der Waals surface area contributed by atoms with Gasteiger partial charge >= 0.3 is 0 Å². The van der Waals surface area contributed by atoms with Gasteiger partial charge in [0.25, 0.3) is 5.91 Å². The molecule has 0 bridgehead atoms. The summed E-state index contributed by atoms with van der Waals surface area (Å²) in [5.74, 6) is -0.197. The largest absolute Gasteiger partial charge is 0.457 e. The highest BCUT2D eigenvalue weighted by atomic mass is 79.9. The normalized spacial score (nSPS) is 10.1. The second-order valence-corrected chi connectivity index (χ2v) is 4.94. The van der Waals surface area contributed by atoms with Gasteiger partial charge in [-0.1, -0.05) is 0 Å². The third-order valence-corrected chi connectivity index (χ3v) is 3.53. The molecule has 0 aliphatic carbocycles. The highest BCUT2D eigenvalue weighted by molar-refractivity contribution is 9.10. The van der Waals surface area contributed by atoms with Crippen molar-refractivity contribution in [3.63, 3.8) is 0 Å². The lowest BCUT2D eigenvalue weighted by Gasteiger charge is -2.22. The van der Waals surface area contributed by atoms with Crippen molar-refractivity contribution in [1.29, 1.82) is 5.26 Å². The van der Waals surface area contributed by atoms with Gasteiger partial charge < -0.3 is 14.1 Å². The molecule has 0 aliphatic rings. The zero-order chi connectivity index (χ0) is 15.2. The maximum atomic E-state index is 12.6. The number of carbonyl (C=O) groups excluding carboxylic acids is 1. The summed E-state index contributed by atoms with van der Waals surface area (Å²) in [5, 5.41) is 8.84. The molecule has 1 aromatic heterocycles. The van der Waals surface area contributed by atoms with Crippen molar-refractivity contribution in [2.75, 3.05) is 25.2 Å². The summed E-state index contributed by atoms with van der Waals surface area (Å²) in [5.41, 5.74) is 1.68. The molecule has 0 saturated heterocycles. The summed E-state index contributed by atoms with van der Waals surface area (Å²) in [7, 11) is 1.58. The highest BCUT2D eigenvalue weighted by Gasteiger charge is 2.21. The van der Waals surface area contributed by atoms with E-state index in [9.17, 15) is 4.79 Å². The Morgan fingerprint density at radius 2 is 2.10 bits per heavy atom. The molecule has 21 heavy (non-hydrogen) atoms. The van der Waals surface area contributed by atoms with E-state index in [4.69, 9.17) is 14.4 Å². The predicted molar refractivity (Wildman–Crippen MR) is 81.1 cm³/mol. The van der Waals surface area contributed by atoms with Crippen LogP contribution in [0.5, 0.6) is 0 Å². The first-order valence-electron chi connectivity index (χ1n) is 6.21. The Labute approximate surface area is 130 Å². The average molecular weight is 349 g/mol. The monoisotopic (exact) mass is 348 g/mol. The number of hydrogen-bond acceptors (Lipinski definition) is 4. The number of nitriles is 1. The molecular weight excluding hydrogens is 336 g/mol. The lowest BCUT2D eigenvalue weighted by molar-refractivity contribution is 0.0974. The number of hydrogen-bond donors (Lipinski definition) is 0. The van der Waals surface area contributed by atoms with Gasteiger partial charge in [-0.3, -0.25) is 4.79 Å². The molecule has 6 heteroatoms. The highest BCUT2D eigenvalue weighted by Crippen LogP contribution is 2.23. The van der Waals surface area contributed by atoms with Gasteiger partial charge in [-0.15, -0.1) is 0 Å². The third kappa shape index (κ3) is 3.51. The third-order valence-electron chi connectivity index (χ3n) is 2.92. The van der Waals surface area contributed by atoms with Crippen LogP contribution in [0.1, 0.15) is 15.9 Å². The quantitative estimate of drug-likeness (QED) is 0.831. The van der Waals surface area contributed by atoms with E-state index < -0.39 is 0 Å². The molecular formula is C15H13BrN2O3. The van der Waals surface area contributed by atoms with E-state index in [-0.39, 0.29) is 5.91 Å². The standard InChI is InChI=1S/C15H13BrN2O3/c1-20-9-7-18(12-4-2-11(10-17)3-5-12)15(19)13-6-8-21-14(13)16/h2-6,8H,7,9H2,1H3. The van der Waals surface area contributed by atoms with Gasteiger partial charge in [0.1, 0.15) is 0 Å². The number of ether oxygens (including phenoxy) is 1. The maximum absolute atomic E-state index is 12.6. The molecule has 0 N–H and O–H groups in total. The zero-order valence-corrected chi connectivity index (χ0v) is 13.0. The van der Waals surface area contributed by atoms with E-state index >= 15 is 0 Å². The Morgan fingerprint density at radius 3 is 2.62 bits per heavy atom. The van der Waals surface area contributed by atoms with Gasteiger partial charge in [-0.05, 0) is 46.3 Å². The number of halogens is 1. The van der Waals surface area contributed by atoms with Gasteiger partial charge in [0.05, 0.1) is 30.1 Å². The Kier molecular flexibility index (Phi) is 5.14. The minimum atomic E-state index is -0.197. The minimum absolute atomic E-state index is 0.197. The van der Waals surface area contributed by atoms with E-state index in [0.717, 1.165) is 0 Å². The van der Waals surface area contributed by atoms with Crippen LogP contribution in [0, 0.1) is 11.3 Å². The van der Waals surface area contributed by atoms with Crippen LogP contribution < -0.4 is 4.90 Å². The van der Waals surface area contributed by atoms with E-state index in [1.807, 2.05) is 0 Å². The van der Waals surface area contributed by atoms with Crippen molar-refractivity contribution in [3.8, 4) is 6.07 Å². The number of anilines is 1. The molecule has 0 spiro atoms. The molecule has 0 aliphatic heterocycles. The Morgan fingerprint density at radius 1 is 1.38 bits per heavy atom. The number of furan rings is 1. The molecule has 2 aromatic rings. The predicted octanol–water partition coefficient (Wildman–Crippen LogP) is 3.21. The molecule has 0 saturated carbocycles. The summed E-state index contributed by atoms with van der Waals surface area (Å²) in [6, 6.07) is 10.5. The smallest absolute Gasteiger partial charge is 0.262 e. The summed E-state index contributed by atoms with van der Waals surface area (Å²) in [6.07, 6.45) is 1.45. The van der Waals surface area contributed by atoms with Crippen molar-refractivity contribution in [1.82, 2.24) is 0 Å². The van der Waals surface area contributed by atoms with Crippen molar-refractivity contribution in [2.24, 2.45) is 0 Å². The number of amides is 1. The second-order valence-electron chi connectivity index (χ2n) is 4.22. The summed E-state index contributed by atoms with van der Waals surface area (Å²) in [6.45, 7) is 0.806. The summed E-state index contributed by atoms with van der Waals surface area (Å²) < 4.78 is 10.6. The van der Waals surface area contributed by atoms with Gasteiger partial charge in [0, 0.05) is 19.3 Å². The maximum Gasteiger partial charge on any atom is 0.262 e. The van der Waals surface area contributed by atoms with Crippen LogP contribution in [0.2, 0.25) is 0 Å². The SMILES string of the molecule is COCCN(C(=O)c1ccoc1Br)c1ccc(C#N)cc1. The fourth-order valence-corrected chi connectivity index (χ4v) is 2.25. The van der Waals surface area contributed by atoms with Crippen LogP contribution in [0.15, 0.2) is 45.7 Å². The average Bonchev–Trinajstić information content (AvgIpc) is 2.94. The first kappa shape index (κ1) is 15.3. The number of nitrogens with zero attached hydrogens (tertiary/aromatic N) is 2. The first-order chi connectivity index (χ1) is 10.2. The molecule has 0 atom stereocenters. The van der Waals surface area contributed by atoms with E-state index in [0.29, 0.717) is 34.6 Å². The number of benzene rings is 1. The lowest BCUT2D eigenvalue weighted by atomic mass is 10.2. The molecule has 5 nitrogen and oxygen atoms in total. The lowest BCUT2D eigenvalue weighted by Crippen LogP contribution is -2.33. The molecule has 1 heterocycles. The van der Waals surface area contributed by atoms with Crippen LogP contribution in [0.4, 0.5) is 5.69 Å².